The van der Waals surface area contributed by atoms with Crippen LogP contribution >= 0.6 is 0 Å². The highest BCUT2D eigenvalue weighted by Gasteiger charge is 2.26. The predicted octanol–water partition coefficient (Wildman–Crippen LogP) is 3.23. The van der Waals surface area contributed by atoms with Crippen molar-refractivity contribution >= 4 is 40.4 Å². The lowest BCUT2D eigenvalue weighted by molar-refractivity contribution is 0.0938. The third kappa shape index (κ3) is 5.17. The standard InChI is InChI=1S/C29H27N9O3/c1-4-13-31-27-24(25(30)36-37(27)3)28(40)34-17(2)26-35-21-12-8-9-18(14-22(39)19-15-32-33-16-19)23(21)29(41)38(26)20-10-6-5-7-11-20/h4-13,15-17H,1,14H2,2-3H3,(H2,30,36)(H,32,33)(H,34,40)/b31-13-. The third-order valence-electron chi connectivity index (χ3n) is 6.50. The molecule has 0 spiro atoms. The van der Waals surface area contributed by atoms with Gasteiger partial charge in [-0.2, -0.15) is 10.2 Å². The summed E-state index contributed by atoms with van der Waals surface area (Å²) in [5.74, 6) is -0.171. The molecule has 41 heavy (non-hydrogen) atoms. The number of fused-ring (bicyclic) bond motifs is 1. The van der Waals surface area contributed by atoms with Crippen molar-refractivity contribution in [2.45, 2.75) is 19.4 Å². The third-order valence-corrected chi connectivity index (χ3v) is 6.50. The normalized spacial score (nSPS) is 12.0. The number of Topliss-reactive ketones (excluding diaryl/α,β-unsaturated/α-hetero) is 1. The number of amides is 1. The second-order valence-corrected chi connectivity index (χ2v) is 9.26. The molecule has 1 unspecified atom stereocenters. The highest BCUT2D eigenvalue weighted by Crippen LogP contribution is 2.26. The van der Waals surface area contributed by atoms with E-state index in [0.29, 0.717) is 33.5 Å². The number of aliphatic imine (C=N–C) groups is 1. The molecule has 3 aromatic heterocycles. The summed E-state index contributed by atoms with van der Waals surface area (Å²) in [6, 6.07) is 13.4. The molecule has 0 aliphatic rings. The first-order valence-electron chi connectivity index (χ1n) is 12.7. The van der Waals surface area contributed by atoms with Gasteiger partial charge in [0.15, 0.2) is 17.4 Å². The van der Waals surface area contributed by atoms with Gasteiger partial charge in [-0.3, -0.25) is 24.0 Å². The number of allylic oxidation sites excluding steroid dienone is 1. The number of nitrogens with two attached hydrogens (primary N) is 1. The molecule has 0 saturated carbocycles. The molecule has 0 fully saturated rings. The summed E-state index contributed by atoms with van der Waals surface area (Å²) in [6.45, 7) is 5.33. The van der Waals surface area contributed by atoms with E-state index < -0.39 is 11.9 Å². The lowest BCUT2D eigenvalue weighted by Gasteiger charge is -2.20. The maximum atomic E-state index is 14.1. The number of H-pyrrole nitrogens is 1. The van der Waals surface area contributed by atoms with Crippen LogP contribution in [-0.2, 0) is 13.5 Å². The van der Waals surface area contributed by atoms with E-state index in [1.807, 2.05) is 6.07 Å². The number of carbonyl (C=O) groups is 2. The first kappa shape index (κ1) is 26.9. The molecule has 0 bridgehead atoms. The molecular weight excluding hydrogens is 522 g/mol. The van der Waals surface area contributed by atoms with Crippen molar-refractivity contribution in [3.8, 4) is 5.69 Å². The second-order valence-electron chi connectivity index (χ2n) is 9.26. The molecule has 206 valence electrons. The summed E-state index contributed by atoms with van der Waals surface area (Å²) < 4.78 is 2.85. The number of carbonyl (C=O) groups excluding carboxylic acids is 2. The van der Waals surface area contributed by atoms with Crippen molar-refractivity contribution in [1.82, 2.24) is 34.8 Å². The van der Waals surface area contributed by atoms with Gasteiger partial charge in [-0.15, -0.1) is 0 Å². The fourth-order valence-corrected chi connectivity index (χ4v) is 4.62. The summed E-state index contributed by atoms with van der Waals surface area (Å²) in [6.07, 6.45) is 5.85. The van der Waals surface area contributed by atoms with Crippen LogP contribution in [0.2, 0.25) is 0 Å². The molecule has 12 nitrogen and oxygen atoms in total. The van der Waals surface area contributed by atoms with Crippen LogP contribution < -0.4 is 16.6 Å². The number of ketones is 1. The monoisotopic (exact) mass is 549 g/mol. The summed E-state index contributed by atoms with van der Waals surface area (Å²) in [5, 5.41) is 13.8. The van der Waals surface area contributed by atoms with Crippen LogP contribution in [0.25, 0.3) is 16.6 Å². The molecule has 0 aliphatic carbocycles. The maximum absolute atomic E-state index is 14.1. The average molecular weight is 550 g/mol. The number of nitrogen functional groups attached to an aromatic ring is 1. The highest BCUT2D eigenvalue weighted by atomic mass is 16.2. The van der Waals surface area contributed by atoms with Crippen LogP contribution in [-0.4, -0.2) is 47.4 Å². The zero-order valence-electron chi connectivity index (χ0n) is 22.4. The second kappa shape index (κ2) is 11.2. The first-order chi connectivity index (χ1) is 19.8. The number of aromatic nitrogens is 6. The van der Waals surface area contributed by atoms with Gasteiger partial charge >= 0.3 is 0 Å². The number of rotatable bonds is 9. The fourth-order valence-electron chi connectivity index (χ4n) is 4.62. The Morgan fingerprint density at radius 3 is 2.68 bits per heavy atom. The number of nitrogens with zero attached hydrogens (tertiary/aromatic N) is 6. The summed E-state index contributed by atoms with van der Waals surface area (Å²) in [5.41, 5.74) is 7.66. The van der Waals surface area contributed by atoms with E-state index in [4.69, 9.17) is 10.7 Å². The number of anilines is 1. The molecule has 5 rings (SSSR count). The Morgan fingerprint density at radius 1 is 1.20 bits per heavy atom. The van der Waals surface area contributed by atoms with Gasteiger partial charge in [0, 0.05) is 25.9 Å². The minimum Gasteiger partial charge on any atom is -0.381 e. The van der Waals surface area contributed by atoms with Crippen LogP contribution in [0.3, 0.4) is 0 Å². The predicted molar refractivity (Wildman–Crippen MR) is 156 cm³/mol. The zero-order valence-corrected chi connectivity index (χ0v) is 22.4. The lowest BCUT2D eigenvalue weighted by atomic mass is 10.0. The molecular formula is C29H27N9O3. The molecule has 4 N–H and O–H groups in total. The van der Waals surface area contributed by atoms with Crippen molar-refractivity contribution in [1.29, 1.82) is 0 Å². The molecule has 3 heterocycles. The number of para-hydroxylation sites is 1. The molecule has 1 amide bonds. The van der Waals surface area contributed by atoms with Crippen molar-refractivity contribution < 1.29 is 9.59 Å². The molecule has 2 aromatic carbocycles. The Balaban J connectivity index is 1.61. The van der Waals surface area contributed by atoms with Crippen LogP contribution in [0.1, 0.15) is 45.1 Å². The van der Waals surface area contributed by atoms with E-state index in [-0.39, 0.29) is 35.0 Å². The van der Waals surface area contributed by atoms with Crippen LogP contribution in [0.5, 0.6) is 0 Å². The summed E-state index contributed by atoms with van der Waals surface area (Å²) in [4.78, 5) is 49.5. The van der Waals surface area contributed by atoms with Gasteiger partial charge < -0.3 is 11.1 Å². The van der Waals surface area contributed by atoms with E-state index in [9.17, 15) is 14.4 Å². The van der Waals surface area contributed by atoms with Crippen molar-refractivity contribution in [3.63, 3.8) is 0 Å². The molecule has 0 saturated heterocycles. The van der Waals surface area contributed by atoms with E-state index in [0.717, 1.165) is 0 Å². The van der Waals surface area contributed by atoms with Gasteiger partial charge in [0.05, 0.1) is 34.4 Å². The Bertz CT molecular complexity index is 1850. The Hall–Kier alpha value is -5.65. The van der Waals surface area contributed by atoms with Gasteiger partial charge in [0.25, 0.3) is 11.5 Å². The Kier molecular flexibility index (Phi) is 7.37. The van der Waals surface area contributed by atoms with Crippen LogP contribution in [0.4, 0.5) is 11.6 Å². The molecule has 0 radical (unpaired) electrons. The lowest BCUT2D eigenvalue weighted by Crippen LogP contribution is -2.33. The summed E-state index contributed by atoms with van der Waals surface area (Å²) in [7, 11) is 1.62. The van der Waals surface area contributed by atoms with E-state index >= 15 is 0 Å². The van der Waals surface area contributed by atoms with Gasteiger partial charge in [-0.1, -0.05) is 43.0 Å². The molecule has 12 heteroatoms. The van der Waals surface area contributed by atoms with Gasteiger partial charge in [0.2, 0.25) is 0 Å². The maximum Gasteiger partial charge on any atom is 0.266 e. The Morgan fingerprint density at radius 2 is 1.98 bits per heavy atom. The minimum absolute atomic E-state index is 0.00673. The smallest absolute Gasteiger partial charge is 0.266 e. The number of benzene rings is 2. The van der Waals surface area contributed by atoms with Crippen LogP contribution in [0.15, 0.2) is 83.4 Å². The molecule has 0 aliphatic heterocycles. The SMILES string of the molecule is C=C/C=N\c1c(C(=O)NC(C)c2nc3cccc(CC(=O)c4cn[nH]c4)c3c(=O)n2-c2ccccc2)c(N)nn1C. The van der Waals surface area contributed by atoms with Crippen LogP contribution in [0, 0.1) is 0 Å². The van der Waals surface area contributed by atoms with Crippen molar-refractivity contribution in [2.24, 2.45) is 12.0 Å². The number of nitrogens with one attached hydrogen (secondary N) is 2. The minimum atomic E-state index is -0.744. The van der Waals surface area contributed by atoms with Crippen molar-refractivity contribution in [2.75, 3.05) is 5.73 Å². The van der Waals surface area contributed by atoms with Crippen molar-refractivity contribution in [3.05, 3.63) is 106 Å². The van der Waals surface area contributed by atoms with Gasteiger partial charge in [-0.25, -0.2) is 14.7 Å². The largest absolute Gasteiger partial charge is 0.381 e. The quantitative estimate of drug-likeness (QED) is 0.187. The topological polar surface area (TPSA) is 166 Å². The number of aryl methyl sites for hydroxylation is 1. The fraction of sp³-hybridized carbons (Fsp3) is 0.138. The van der Waals surface area contributed by atoms with Gasteiger partial charge in [0.1, 0.15) is 11.4 Å². The average Bonchev–Trinajstić information content (AvgIpc) is 3.60. The zero-order chi connectivity index (χ0) is 29.1. The van der Waals surface area contributed by atoms with Gasteiger partial charge in [-0.05, 0) is 30.7 Å². The number of aromatic amines is 1. The van der Waals surface area contributed by atoms with E-state index in [2.05, 4.69) is 32.2 Å². The first-order valence-corrected chi connectivity index (χ1v) is 12.7. The van der Waals surface area contributed by atoms with E-state index in [1.54, 1.807) is 56.4 Å². The summed E-state index contributed by atoms with van der Waals surface area (Å²) >= 11 is 0. The van der Waals surface area contributed by atoms with E-state index in [1.165, 1.54) is 33.9 Å². The molecule has 5 aromatic rings. The number of hydrogen-bond acceptors (Lipinski definition) is 8. The number of hydrogen-bond donors (Lipinski definition) is 3. The highest BCUT2D eigenvalue weighted by molar-refractivity contribution is 6.03. The Labute approximate surface area is 234 Å². The molecule has 1 atom stereocenters.